The third-order valence-electron chi connectivity index (χ3n) is 2.75. The summed E-state index contributed by atoms with van der Waals surface area (Å²) in [7, 11) is 0. The predicted octanol–water partition coefficient (Wildman–Crippen LogP) is 0.603. The molecule has 0 aliphatic heterocycles. The van der Waals surface area contributed by atoms with Crippen molar-refractivity contribution in [3.63, 3.8) is 0 Å². The van der Waals surface area contributed by atoms with Gasteiger partial charge in [0.1, 0.15) is 6.04 Å². The maximum atomic E-state index is 11.5. The van der Waals surface area contributed by atoms with Crippen molar-refractivity contribution in [2.45, 2.75) is 25.3 Å². The molecule has 1 atom stereocenters. The Morgan fingerprint density at radius 1 is 1.41 bits per heavy atom. The van der Waals surface area contributed by atoms with Crippen LogP contribution in [0.3, 0.4) is 0 Å². The van der Waals surface area contributed by atoms with Gasteiger partial charge < -0.3 is 10.4 Å². The van der Waals surface area contributed by atoms with Crippen LogP contribution in [0.2, 0.25) is 0 Å². The minimum absolute atomic E-state index is 0.0225. The van der Waals surface area contributed by atoms with Gasteiger partial charge in [-0.05, 0) is 30.5 Å². The summed E-state index contributed by atoms with van der Waals surface area (Å²) in [6.07, 6.45) is 5.24. The smallest absolute Gasteiger partial charge is 0.326 e. The number of amides is 1. The molecule has 5 heteroatoms. The van der Waals surface area contributed by atoms with Crippen LogP contribution in [0, 0.1) is 5.92 Å². The molecular formula is C12H14N2O3. The quantitative estimate of drug-likeness (QED) is 0.782. The number of carboxylic acids is 1. The molecule has 90 valence electrons. The molecule has 1 amide bonds. The number of carbonyl (C=O) groups is 2. The van der Waals surface area contributed by atoms with Gasteiger partial charge in [0.05, 0.1) is 0 Å². The lowest BCUT2D eigenvalue weighted by Crippen LogP contribution is -2.43. The van der Waals surface area contributed by atoms with Gasteiger partial charge in [-0.25, -0.2) is 4.79 Å². The van der Waals surface area contributed by atoms with Gasteiger partial charge in [0.2, 0.25) is 5.91 Å². The first-order valence-corrected chi connectivity index (χ1v) is 5.59. The van der Waals surface area contributed by atoms with Crippen molar-refractivity contribution in [2.75, 3.05) is 0 Å². The summed E-state index contributed by atoms with van der Waals surface area (Å²) >= 11 is 0. The van der Waals surface area contributed by atoms with Gasteiger partial charge in [-0.3, -0.25) is 9.78 Å². The van der Waals surface area contributed by atoms with Crippen LogP contribution in [0.15, 0.2) is 24.5 Å². The van der Waals surface area contributed by atoms with Gasteiger partial charge in [-0.15, -0.1) is 0 Å². The van der Waals surface area contributed by atoms with Crippen LogP contribution in [-0.4, -0.2) is 28.0 Å². The van der Waals surface area contributed by atoms with Gasteiger partial charge in [0.25, 0.3) is 0 Å². The third kappa shape index (κ3) is 3.27. The van der Waals surface area contributed by atoms with E-state index in [1.54, 1.807) is 24.5 Å². The van der Waals surface area contributed by atoms with E-state index in [2.05, 4.69) is 10.3 Å². The van der Waals surface area contributed by atoms with Gasteiger partial charge in [-0.2, -0.15) is 0 Å². The fourth-order valence-corrected chi connectivity index (χ4v) is 1.59. The van der Waals surface area contributed by atoms with Crippen LogP contribution in [0.5, 0.6) is 0 Å². The Hall–Kier alpha value is -1.91. The second kappa shape index (κ2) is 4.95. The zero-order valence-electron chi connectivity index (χ0n) is 9.30. The summed E-state index contributed by atoms with van der Waals surface area (Å²) in [6, 6.07) is 2.64. The average Bonchev–Trinajstić information content (AvgIpc) is 3.13. The van der Waals surface area contributed by atoms with E-state index in [0.717, 1.165) is 18.4 Å². The zero-order chi connectivity index (χ0) is 12.3. The molecule has 1 aromatic rings. The van der Waals surface area contributed by atoms with Crippen LogP contribution in [-0.2, 0) is 16.0 Å². The minimum atomic E-state index is -1.00. The van der Waals surface area contributed by atoms with E-state index < -0.39 is 12.0 Å². The molecule has 0 bridgehead atoms. The van der Waals surface area contributed by atoms with E-state index in [0.29, 0.717) is 0 Å². The Balaban J connectivity index is 1.97. The van der Waals surface area contributed by atoms with Crippen LogP contribution < -0.4 is 5.32 Å². The molecule has 0 aromatic carbocycles. The first-order chi connectivity index (χ1) is 8.16. The monoisotopic (exact) mass is 234 g/mol. The standard InChI is InChI=1S/C12H14N2O3/c15-11(9-1-2-9)14-10(12(16)17)7-8-3-5-13-6-4-8/h3-6,9-10H,1-2,7H2,(H,14,15)(H,16,17). The van der Waals surface area contributed by atoms with Crippen molar-refractivity contribution < 1.29 is 14.7 Å². The van der Waals surface area contributed by atoms with Crippen molar-refractivity contribution in [3.8, 4) is 0 Å². The molecule has 0 saturated heterocycles. The number of hydrogen-bond donors (Lipinski definition) is 2. The molecule has 1 aromatic heterocycles. The number of hydrogen-bond acceptors (Lipinski definition) is 3. The minimum Gasteiger partial charge on any atom is -0.480 e. The van der Waals surface area contributed by atoms with Gasteiger partial charge in [0.15, 0.2) is 0 Å². The van der Waals surface area contributed by atoms with Gasteiger partial charge in [0, 0.05) is 24.7 Å². The fourth-order valence-electron chi connectivity index (χ4n) is 1.59. The Morgan fingerprint density at radius 2 is 2.06 bits per heavy atom. The van der Waals surface area contributed by atoms with E-state index >= 15 is 0 Å². The molecular weight excluding hydrogens is 220 g/mol. The number of rotatable bonds is 5. The summed E-state index contributed by atoms with van der Waals surface area (Å²) in [6.45, 7) is 0. The summed E-state index contributed by atoms with van der Waals surface area (Å²) in [5.74, 6) is -1.13. The largest absolute Gasteiger partial charge is 0.480 e. The van der Waals surface area contributed by atoms with Crippen molar-refractivity contribution >= 4 is 11.9 Å². The van der Waals surface area contributed by atoms with Crippen molar-refractivity contribution in [1.29, 1.82) is 0 Å². The van der Waals surface area contributed by atoms with Gasteiger partial charge in [-0.1, -0.05) is 0 Å². The Labute approximate surface area is 98.9 Å². The van der Waals surface area contributed by atoms with Crippen molar-refractivity contribution in [3.05, 3.63) is 30.1 Å². The summed E-state index contributed by atoms with van der Waals surface area (Å²) in [5.41, 5.74) is 0.850. The van der Waals surface area contributed by atoms with Crippen LogP contribution in [0.25, 0.3) is 0 Å². The topological polar surface area (TPSA) is 79.3 Å². The molecule has 5 nitrogen and oxygen atoms in total. The summed E-state index contributed by atoms with van der Waals surface area (Å²) in [4.78, 5) is 26.4. The molecule has 1 unspecified atom stereocenters. The lowest BCUT2D eigenvalue weighted by Gasteiger charge is -2.14. The number of aliphatic carboxylic acids is 1. The normalized spacial score (nSPS) is 16.2. The fraction of sp³-hybridized carbons (Fsp3) is 0.417. The first kappa shape index (κ1) is 11.6. The highest BCUT2D eigenvalue weighted by molar-refractivity contribution is 5.86. The molecule has 1 aliphatic carbocycles. The van der Waals surface area contributed by atoms with E-state index in [1.807, 2.05) is 0 Å². The molecule has 17 heavy (non-hydrogen) atoms. The number of aromatic nitrogens is 1. The SMILES string of the molecule is O=C(NC(Cc1ccncc1)C(=O)O)C1CC1. The van der Waals surface area contributed by atoms with E-state index in [9.17, 15) is 9.59 Å². The first-order valence-electron chi connectivity index (χ1n) is 5.59. The predicted molar refractivity (Wildman–Crippen MR) is 60.2 cm³/mol. The van der Waals surface area contributed by atoms with Crippen LogP contribution in [0.4, 0.5) is 0 Å². The highest BCUT2D eigenvalue weighted by Crippen LogP contribution is 2.28. The van der Waals surface area contributed by atoms with E-state index in [4.69, 9.17) is 5.11 Å². The number of pyridine rings is 1. The zero-order valence-corrected chi connectivity index (χ0v) is 9.30. The lowest BCUT2D eigenvalue weighted by atomic mass is 10.1. The molecule has 0 radical (unpaired) electrons. The molecule has 2 rings (SSSR count). The molecule has 1 heterocycles. The molecule has 2 N–H and O–H groups in total. The number of nitrogens with zero attached hydrogens (tertiary/aromatic N) is 1. The van der Waals surface area contributed by atoms with Crippen molar-refractivity contribution in [1.82, 2.24) is 10.3 Å². The van der Waals surface area contributed by atoms with Gasteiger partial charge >= 0.3 is 5.97 Å². The summed E-state index contributed by atoms with van der Waals surface area (Å²) in [5, 5.41) is 11.6. The molecule has 1 saturated carbocycles. The van der Waals surface area contributed by atoms with Crippen molar-refractivity contribution in [2.24, 2.45) is 5.92 Å². The van der Waals surface area contributed by atoms with Crippen LogP contribution in [0.1, 0.15) is 18.4 Å². The third-order valence-corrected chi connectivity index (χ3v) is 2.75. The number of nitrogens with one attached hydrogen (secondary N) is 1. The second-order valence-corrected chi connectivity index (χ2v) is 4.23. The Morgan fingerprint density at radius 3 is 2.59 bits per heavy atom. The highest BCUT2D eigenvalue weighted by atomic mass is 16.4. The number of carboxylic acid groups (broad SMARTS) is 1. The van der Waals surface area contributed by atoms with E-state index in [-0.39, 0.29) is 18.2 Å². The Bertz CT molecular complexity index is 415. The van der Waals surface area contributed by atoms with E-state index in [1.165, 1.54) is 0 Å². The maximum Gasteiger partial charge on any atom is 0.326 e. The summed E-state index contributed by atoms with van der Waals surface area (Å²) < 4.78 is 0. The highest BCUT2D eigenvalue weighted by Gasteiger charge is 2.32. The maximum absolute atomic E-state index is 11.5. The molecule has 0 spiro atoms. The number of carbonyl (C=O) groups excluding carboxylic acids is 1. The van der Waals surface area contributed by atoms with Crippen LogP contribution >= 0.6 is 0 Å². The molecule has 1 fully saturated rings. The Kier molecular flexibility index (Phi) is 3.37. The lowest BCUT2D eigenvalue weighted by molar-refractivity contribution is -0.142. The molecule has 1 aliphatic rings. The average molecular weight is 234 g/mol. The second-order valence-electron chi connectivity index (χ2n) is 4.23.